The molecular weight excluding hydrogens is 320 g/mol. The van der Waals surface area contributed by atoms with Gasteiger partial charge in [0.25, 0.3) is 0 Å². The van der Waals surface area contributed by atoms with Crippen LogP contribution >= 0.6 is 0 Å². The van der Waals surface area contributed by atoms with Crippen molar-refractivity contribution in [3.8, 4) is 0 Å². The molecule has 0 spiro atoms. The standard InChI is InChI=1S/C24H32O2/c1-5-6-15(2)18-7-8-19-17-14-22(26)21-13-16(25)9-11-24(21,4)20(17)10-12-23(18,19)3/h5,13,17-20H,7-12,14H2,1-4H3/t6?,17?,18?,19?,20?,23-,24-/m1/s1. The van der Waals surface area contributed by atoms with Gasteiger partial charge in [-0.3, -0.25) is 9.59 Å². The second kappa shape index (κ2) is 6.06. The number of hydrogen-bond donors (Lipinski definition) is 0. The van der Waals surface area contributed by atoms with E-state index in [9.17, 15) is 9.59 Å². The Hall–Kier alpha value is -1.40. The molecule has 4 aliphatic rings. The number of Topliss-reactive ketones (excluding diaryl/α,β-unsaturated/α-hetero) is 1. The largest absolute Gasteiger partial charge is 0.295 e. The summed E-state index contributed by atoms with van der Waals surface area (Å²) in [7, 11) is 0. The minimum absolute atomic E-state index is 0.0679. The van der Waals surface area contributed by atoms with Crippen molar-refractivity contribution >= 4 is 11.6 Å². The molecule has 0 aromatic rings. The molecule has 6 atom stereocenters. The van der Waals surface area contributed by atoms with Gasteiger partial charge in [0.1, 0.15) is 0 Å². The quantitative estimate of drug-likeness (QED) is 0.589. The van der Waals surface area contributed by atoms with Crippen molar-refractivity contribution in [2.45, 2.75) is 72.6 Å². The van der Waals surface area contributed by atoms with Crippen molar-refractivity contribution in [1.29, 1.82) is 0 Å². The molecule has 26 heavy (non-hydrogen) atoms. The van der Waals surface area contributed by atoms with Crippen molar-refractivity contribution in [1.82, 2.24) is 0 Å². The van der Waals surface area contributed by atoms with Crippen LogP contribution < -0.4 is 0 Å². The summed E-state index contributed by atoms with van der Waals surface area (Å²) < 4.78 is 0. The molecule has 0 bridgehead atoms. The molecule has 0 aliphatic heterocycles. The molecule has 0 saturated heterocycles. The number of allylic oxidation sites excluding steroid dienone is 2. The van der Waals surface area contributed by atoms with Crippen LogP contribution in [-0.4, -0.2) is 11.6 Å². The fraction of sp³-hybridized carbons (Fsp3) is 0.708. The summed E-state index contributed by atoms with van der Waals surface area (Å²) in [5.41, 5.74) is 5.96. The topological polar surface area (TPSA) is 34.1 Å². The van der Waals surface area contributed by atoms with E-state index in [2.05, 4.69) is 26.5 Å². The highest BCUT2D eigenvalue weighted by Gasteiger charge is 2.60. The monoisotopic (exact) mass is 352 g/mol. The lowest BCUT2D eigenvalue weighted by Crippen LogP contribution is -2.52. The van der Waals surface area contributed by atoms with Gasteiger partial charge >= 0.3 is 0 Å². The highest BCUT2D eigenvalue weighted by atomic mass is 16.1. The second-order valence-electron chi connectivity index (χ2n) is 9.74. The summed E-state index contributed by atoms with van der Waals surface area (Å²) in [6, 6.07) is 0. The molecule has 4 unspecified atom stereocenters. The maximum Gasteiger partial charge on any atom is 0.159 e. The summed E-state index contributed by atoms with van der Waals surface area (Å²) in [5.74, 6) is 2.73. The molecule has 4 aliphatic carbocycles. The van der Waals surface area contributed by atoms with Gasteiger partial charge in [-0.25, -0.2) is 0 Å². The lowest BCUT2D eigenvalue weighted by molar-refractivity contribution is -0.131. The SMILES string of the molecule is CC=C=C(C)C1CCC2C3CC(=O)C4=CC(=O)CC[C@]4(C)C3CC[C@]12C. The van der Waals surface area contributed by atoms with Gasteiger partial charge in [0.15, 0.2) is 11.6 Å². The number of hydrogen-bond acceptors (Lipinski definition) is 2. The Morgan fingerprint density at radius 1 is 1.15 bits per heavy atom. The predicted molar refractivity (Wildman–Crippen MR) is 104 cm³/mol. The maximum atomic E-state index is 13.0. The minimum Gasteiger partial charge on any atom is -0.295 e. The molecular formula is C24H32O2. The Morgan fingerprint density at radius 2 is 1.92 bits per heavy atom. The normalized spacial score (nSPS) is 44.4. The molecule has 3 saturated carbocycles. The van der Waals surface area contributed by atoms with Gasteiger partial charge in [0, 0.05) is 18.4 Å². The zero-order valence-electron chi connectivity index (χ0n) is 16.7. The van der Waals surface area contributed by atoms with E-state index in [1.54, 1.807) is 6.08 Å². The molecule has 2 nitrogen and oxygen atoms in total. The second-order valence-corrected chi connectivity index (χ2v) is 9.74. The Bertz CT molecular complexity index is 750. The molecule has 0 N–H and O–H groups in total. The van der Waals surface area contributed by atoms with Crippen LogP contribution in [0.25, 0.3) is 0 Å². The van der Waals surface area contributed by atoms with Crippen LogP contribution in [0.1, 0.15) is 72.6 Å². The van der Waals surface area contributed by atoms with E-state index < -0.39 is 0 Å². The van der Waals surface area contributed by atoms with Gasteiger partial charge in [-0.15, -0.1) is 5.73 Å². The van der Waals surface area contributed by atoms with E-state index in [1.165, 1.54) is 31.3 Å². The van der Waals surface area contributed by atoms with E-state index in [1.807, 2.05) is 13.0 Å². The number of rotatable bonds is 1. The Balaban J connectivity index is 1.71. The van der Waals surface area contributed by atoms with Gasteiger partial charge < -0.3 is 0 Å². The first-order valence-corrected chi connectivity index (χ1v) is 10.5. The van der Waals surface area contributed by atoms with Gasteiger partial charge in [0.05, 0.1) is 0 Å². The highest BCUT2D eigenvalue weighted by Crippen LogP contribution is 2.66. The summed E-state index contributed by atoms with van der Waals surface area (Å²) in [6.07, 6.45) is 10.8. The molecule has 0 heterocycles. The summed E-state index contributed by atoms with van der Waals surface area (Å²) in [6.45, 7) is 9.05. The van der Waals surface area contributed by atoms with Crippen LogP contribution in [0, 0.1) is 34.5 Å². The molecule has 3 fully saturated rings. The smallest absolute Gasteiger partial charge is 0.159 e. The van der Waals surface area contributed by atoms with Crippen LogP contribution in [0.3, 0.4) is 0 Å². The van der Waals surface area contributed by atoms with E-state index in [0.29, 0.717) is 41.9 Å². The fourth-order valence-corrected chi connectivity index (χ4v) is 7.43. The van der Waals surface area contributed by atoms with E-state index >= 15 is 0 Å². The molecule has 0 radical (unpaired) electrons. The van der Waals surface area contributed by atoms with Crippen molar-refractivity contribution in [3.63, 3.8) is 0 Å². The molecule has 140 valence electrons. The maximum absolute atomic E-state index is 13.0. The predicted octanol–water partition coefficient (Wildman–Crippen LogP) is 5.43. The zero-order chi connectivity index (χ0) is 18.7. The van der Waals surface area contributed by atoms with Crippen molar-refractivity contribution in [2.75, 3.05) is 0 Å². The molecule has 0 amide bonds. The van der Waals surface area contributed by atoms with Crippen LogP contribution in [0.2, 0.25) is 0 Å². The van der Waals surface area contributed by atoms with Crippen LogP contribution in [0.15, 0.2) is 29.0 Å². The number of carbonyl (C=O) groups excluding carboxylic acids is 2. The Morgan fingerprint density at radius 3 is 2.65 bits per heavy atom. The van der Waals surface area contributed by atoms with Crippen LogP contribution in [-0.2, 0) is 9.59 Å². The summed E-state index contributed by atoms with van der Waals surface area (Å²) >= 11 is 0. The van der Waals surface area contributed by atoms with Crippen molar-refractivity contribution < 1.29 is 9.59 Å². The van der Waals surface area contributed by atoms with E-state index in [4.69, 9.17) is 0 Å². The zero-order valence-corrected chi connectivity index (χ0v) is 16.7. The van der Waals surface area contributed by atoms with Gasteiger partial charge in [0.2, 0.25) is 0 Å². The first-order valence-electron chi connectivity index (χ1n) is 10.5. The number of fused-ring (bicyclic) bond motifs is 5. The molecule has 2 heteroatoms. The first kappa shape index (κ1) is 18.0. The third-order valence-corrected chi connectivity index (χ3v) is 8.68. The molecule has 4 rings (SSSR count). The minimum atomic E-state index is -0.0679. The van der Waals surface area contributed by atoms with Crippen LogP contribution in [0.5, 0.6) is 0 Å². The van der Waals surface area contributed by atoms with Crippen LogP contribution in [0.4, 0.5) is 0 Å². The van der Waals surface area contributed by atoms with E-state index in [-0.39, 0.29) is 17.0 Å². The molecule has 0 aromatic carbocycles. The number of carbonyl (C=O) groups is 2. The average molecular weight is 353 g/mol. The van der Waals surface area contributed by atoms with E-state index in [0.717, 1.165) is 12.0 Å². The lowest BCUT2D eigenvalue weighted by Gasteiger charge is -2.57. The summed E-state index contributed by atoms with van der Waals surface area (Å²) in [5, 5.41) is 0. The Labute approximate surface area is 157 Å². The van der Waals surface area contributed by atoms with Crippen molar-refractivity contribution in [3.05, 3.63) is 29.0 Å². The third kappa shape index (κ3) is 2.38. The lowest BCUT2D eigenvalue weighted by atomic mass is 9.46. The Kier molecular flexibility index (Phi) is 4.19. The van der Waals surface area contributed by atoms with Gasteiger partial charge in [-0.05, 0) is 98.2 Å². The average Bonchev–Trinajstić information content (AvgIpc) is 2.94. The van der Waals surface area contributed by atoms with Gasteiger partial charge in [-0.2, -0.15) is 0 Å². The number of ketones is 2. The first-order chi connectivity index (χ1) is 12.3. The fourth-order valence-electron chi connectivity index (χ4n) is 7.43. The molecule has 0 aromatic heterocycles. The third-order valence-electron chi connectivity index (χ3n) is 8.68. The highest BCUT2D eigenvalue weighted by molar-refractivity contribution is 6.05. The van der Waals surface area contributed by atoms with Crippen molar-refractivity contribution in [2.24, 2.45) is 34.5 Å². The van der Waals surface area contributed by atoms with Gasteiger partial charge in [-0.1, -0.05) is 13.8 Å². The summed E-state index contributed by atoms with van der Waals surface area (Å²) in [4.78, 5) is 24.9.